The molecule has 6 heteroatoms. The molecule has 0 aliphatic carbocycles. The highest BCUT2D eigenvalue weighted by Crippen LogP contribution is 2.31. The maximum atomic E-state index is 10.7. The van der Waals surface area contributed by atoms with E-state index in [1.165, 1.54) is 0 Å². The second-order valence-corrected chi connectivity index (χ2v) is 4.53. The Morgan fingerprint density at radius 3 is 2.50 bits per heavy atom. The molecule has 0 aromatic heterocycles. The van der Waals surface area contributed by atoms with Gasteiger partial charge in [-0.05, 0) is 29.8 Å². The van der Waals surface area contributed by atoms with Crippen molar-refractivity contribution in [1.82, 2.24) is 0 Å². The van der Waals surface area contributed by atoms with E-state index in [9.17, 15) is 4.79 Å². The van der Waals surface area contributed by atoms with Crippen LogP contribution >= 0.6 is 12.4 Å². The number of rotatable bonds is 6. The predicted molar refractivity (Wildman–Crippen MR) is 85.9 cm³/mol. The maximum Gasteiger partial charge on any atom is 0.305 e. The number of benzene rings is 2. The summed E-state index contributed by atoms with van der Waals surface area (Å²) in [4.78, 5) is 10.7. The Bertz CT molecular complexity index is 633. The first kappa shape index (κ1) is 17.8. The molecule has 0 saturated heterocycles. The number of ether oxygens (including phenoxy) is 2. The standard InChI is InChI=1S/C16H17NO4.ClH/c1-20-14-7-2-3-8-15(14)21-12-6-4-5-11(9-12)13(17)10-16(18)19;/h2-9,13H,10,17H2,1H3,(H,18,19);1H/t13-;/m0./s1. The molecule has 0 saturated carbocycles. The summed E-state index contributed by atoms with van der Waals surface area (Å²) in [5, 5.41) is 8.79. The highest BCUT2D eigenvalue weighted by atomic mass is 35.5. The van der Waals surface area contributed by atoms with Gasteiger partial charge in [0.1, 0.15) is 5.75 Å². The fraction of sp³-hybridized carbons (Fsp3) is 0.188. The van der Waals surface area contributed by atoms with Gasteiger partial charge >= 0.3 is 5.97 Å². The SMILES string of the molecule is COc1ccccc1Oc1cccc([C@@H](N)CC(=O)O)c1.Cl. The van der Waals surface area contributed by atoms with E-state index in [4.69, 9.17) is 20.3 Å². The minimum absolute atomic E-state index is 0. The first-order valence-corrected chi connectivity index (χ1v) is 6.48. The Labute approximate surface area is 135 Å². The van der Waals surface area contributed by atoms with Crippen LogP contribution in [0.25, 0.3) is 0 Å². The highest BCUT2D eigenvalue weighted by molar-refractivity contribution is 5.85. The minimum atomic E-state index is -0.932. The van der Waals surface area contributed by atoms with Gasteiger partial charge in [0, 0.05) is 6.04 Å². The van der Waals surface area contributed by atoms with Crippen LogP contribution in [0.1, 0.15) is 18.0 Å². The van der Waals surface area contributed by atoms with Crippen molar-refractivity contribution in [3.63, 3.8) is 0 Å². The molecule has 0 aliphatic heterocycles. The number of hydrogen-bond donors (Lipinski definition) is 2. The van der Waals surface area contributed by atoms with E-state index >= 15 is 0 Å². The molecule has 2 aromatic carbocycles. The third-order valence-electron chi connectivity index (χ3n) is 2.98. The lowest BCUT2D eigenvalue weighted by Crippen LogP contribution is -2.14. The molecule has 0 aliphatic rings. The van der Waals surface area contributed by atoms with Gasteiger partial charge in [0.15, 0.2) is 11.5 Å². The van der Waals surface area contributed by atoms with Crippen molar-refractivity contribution in [2.45, 2.75) is 12.5 Å². The molecule has 0 spiro atoms. The average molecular weight is 324 g/mol. The molecule has 0 amide bonds. The quantitative estimate of drug-likeness (QED) is 0.851. The summed E-state index contributed by atoms with van der Waals surface area (Å²) < 4.78 is 11.0. The van der Waals surface area contributed by atoms with Crippen LogP contribution in [-0.2, 0) is 4.79 Å². The van der Waals surface area contributed by atoms with Crippen LogP contribution in [0.4, 0.5) is 0 Å². The fourth-order valence-electron chi connectivity index (χ4n) is 1.94. The first-order valence-electron chi connectivity index (χ1n) is 6.48. The lowest BCUT2D eigenvalue weighted by molar-refractivity contribution is -0.137. The van der Waals surface area contributed by atoms with Crippen LogP contribution in [0.15, 0.2) is 48.5 Å². The lowest BCUT2D eigenvalue weighted by Gasteiger charge is -2.13. The second kappa shape index (κ2) is 8.26. The Balaban J connectivity index is 0.00000242. The van der Waals surface area contributed by atoms with Gasteiger partial charge in [0.25, 0.3) is 0 Å². The summed E-state index contributed by atoms with van der Waals surface area (Å²) >= 11 is 0. The van der Waals surface area contributed by atoms with Crippen molar-refractivity contribution in [2.24, 2.45) is 5.73 Å². The third kappa shape index (κ3) is 4.65. The average Bonchev–Trinajstić information content (AvgIpc) is 2.47. The zero-order valence-electron chi connectivity index (χ0n) is 12.1. The largest absolute Gasteiger partial charge is 0.493 e. The summed E-state index contributed by atoms with van der Waals surface area (Å²) in [5.41, 5.74) is 6.57. The number of aliphatic carboxylic acids is 1. The fourth-order valence-corrected chi connectivity index (χ4v) is 1.94. The van der Waals surface area contributed by atoms with E-state index in [2.05, 4.69) is 0 Å². The summed E-state index contributed by atoms with van der Waals surface area (Å²) in [7, 11) is 1.57. The monoisotopic (exact) mass is 323 g/mol. The number of methoxy groups -OCH3 is 1. The number of para-hydroxylation sites is 2. The van der Waals surface area contributed by atoms with E-state index in [-0.39, 0.29) is 18.8 Å². The molecule has 0 unspecified atom stereocenters. The van der Waals surface area contributed by atoms with Crippen molar-refractivity contribution < 1.29 is 19.4 Å². The number of hydrogen-bond acceptors (Lipinski definition) is 4. The van der Waals surface area contributed by atoms with Gasteiger partial charge in [-0.1, -0.05) is 24.3 Å². The van der Waals surface area contributed by atoms with Gasteiger partial charge in [-0.3, -0.25) is 4.79 Å². The molecule has 3 N–H and O–H groups in total. The molecule has 5 nitrogen and oxygen atoms in total. The first-order chi connectivity index (χ1) is 10.1. The van der Waals surface area contributed by atoms with Crippen molar-refractivity contribution in [3.8, 4) is 17.2 Å². The Morgan fingerprint density at radius 1 is 1.18 bits per heavy atom. The van der Waals surface area contributed by atoms with Crippen LogP contribution in [0, 0.1) is 0 Å². The van der Waals surface area contributed by atoms with Crippen LogP contribution in [0.2, 0.25) is 0 Å². The summed E-state index contributed by atoms with van der Waals surface area (Å²) in [6.45, 7) is 0. The molecule has 0 heterocycles. The van der Waals surface area contributed by atoms with Crippen molar-refractivity contribution >= 4 is 18.4 Å². The number of carboxylic acids is 1. The van der Waals surface area contributed by atoms with Crippen LogP contribution in [-0.4, -0.2) is 18.2 Å². The molecular formula is C16H18ClNO4. The van der Waals surface area contributed by atoms with Gasteiger partial charge in [0.05, 0.1) is 13.5 Å². The Morgan fingerprint density at radius 2 is 1.86 bits per heavy atom. The molecule has 1 atom stereocenters. The van der Waals surface area contributed by atoms with Gasteiger partial charge < -0.3 is 20.3 Å². The van der Waals surface area contributed by atoms with Gasteiger partial charge in [-0.15, -0.1) is 12.4 Å². The van der Waals surface area contributed by atoms with Crippen molar-refractivity contribution in [3.05, 3.63) is 54.1 Å². The van der Waals surface area contributed by atoms with E-state index in [0.29, 0.717) is 22.8 Å². The van der Waals surface area contributed by atoms with Crippen LogP contribution in [0.3, 0.4) is 0 Å². The predicted octanol–water partition coefficient (Wildman–Crippen LogP) is 3.38. The molecule has 0 fully saturated rings. The molecule has 22 heavy (non-hydrogen) atoms. The summed E-state index contributed by atoms with van der Waals surface area (Å²) in [6.07, 6.45) is -0.127. The molecule has 0 radical (unpaired) electrons. The normalized spacial score (nSPS) is 11.2. The zero-order chi connectivity index (χ0) is 15.2. The van der Waals surface area contributed by atoms with E-state index in [1.54, 1.807) is 43.5 Å². The van der Waals surface area contributed by atoms with Gasteiger partial charge in [-0.2, -0.15) is 0 Å². The molecule has 0 bridgehead atoms. The second-order valence-electron chi connectivity index (χ2n) is 4.53. The zero-order valence-corrected chi connectivity index (χ0v) is 12.9. The molecule has 2 aromatic rings. The Kier molecular flexibility index (Phi) is 6.69. The van der Waals surface area contributed by atoms with Crippen molar-refractivity contribution in [2.75, 3.05) is 7.11 Å². The number of carbonyl (C=O) groups is 1. The topological polar surface area (TPSA) is 81.8 Å². The van der Waals surface area contributed by atoms with Gasteiger partial charge in [0.2, 0.25) is 0 Å². The van der Waals surface area contributed by atoms with E-state index < -0.39 is 12.0 Å². The van der Waals surface area contributed by atoms with Crippen LogP contribution < -0.4 is 15.2 Å². The number of nitrogens with two attached hydrogens (primary N) is 1. The summed E-state index contributed by atoms with van der Waals surface area (Å²) in [6, 6.07) is 13.8. The lowest BCUT2D eigenvalue weighted by atomic mass is 10.0. The highest BCUT2D eigenvalue weighted by Gasteiger charge is 2.12. The van der Waals surface area contributed by atoms with Crippen molar-refractivity contribution in [1.29, 1.82) is 0 Å². The molecule has 118 valence electrons. The van der Waals surface area contributed by atoms with E-state index in [0.717, 1.165) is 0 Å². The smallest absolute Gasteiger partial charge is 0.305 e. The molecule has 2 rings (SSSR count). The molecular weight excluding hydrogens is 306 g/mol. The summed E-state index contributed by atoms with van der Waals surface area (Å²) in [5.74, 6) is 0.859. The van der Waals surface area contributed by atoms with E-state index in [1.807, 2.05) is 12.1 Å². The Hall–Kier alpha value is -2.24. The maximum absolute atomic E-state index is 10.7. The number of carboxylic acid groups (broad SMARTS) is 1. The third-order valence-corrected chi connectivity index (χ3v) is 2.98. The minimum Gasteiger partial charge on any atom is -0.493 e. The number of halogens is 1. The van der Waals surface area contributed by atoms with Crippen LogP contribution in [0.5, 0.6) is 17.2 Å². The van der Waals surface area contributed by atoms with Gasteiger partial charge in [-0.25, -0.2) is 0 Å².